The van der Waals surface area contributed by atoms with Gasteiger partial charge in [-0.05, 0) is 50.1 Å². The molecule has 4 nitrogen and oxygen atoms in total. The Balaban J connectivity index is 1.56. The van der Waals surface area contributed by atoms with Gasteiger partial charge in [-0.15, -0.1) is 0 Å². The average molecular weight is 393 g/mol. The Morgan fingerprint density at radius 1 is 1.14 bits per heavy atom. The highest BCUT2D eigenvalue weighted by atomic mass is 19.1. The minimum atomic E-state index is -0.706. The van der Waals surface area contributed by atoms with Gasteiger partial charge >= 0.3 is 0 Å². The molecule has 1 aliphatic heterocycles. The third-order valence-corrected chi connectivity index (χ3v) is 5.24. The third-order valence-electron chi connectivity index (χ3n) is 5.24. The minimum absolute atomic E-state index is 0.0240. The van der Waals surface area contributed by atoms with Crippen molar-refractivity contribution >= 4 is 5.91 Å². The molecule has 6 heteroatoms. The molecule has 1 fully saturated rings. The Labute approximate surface area is 168 Å². The van der Waals surface area contributed by atoms with Gasteiger partial charge in [0.15, 0.2) is 5.82 Å². The van der Waals surface area contributed by atoms with E-state index < -0.39 is 17.5 Å². The smallest absolute Gasteiger partial charge is 0.256 e. The number of benzene rings is 2. The number of likely N-dealkylation sites (tertiary alicyclic amines) is 1. The number of nitrogens with zero attached hydrogens (tertiary/aromatic N) is 3. The fourth-order valence-electron chi connectivity index (χ4n) is 3.76. The highest BCUT2D eigenvalue weighted by molar-refractivity contribution is 5.94. The summed E-state index contributed by atoms with van der Waals surface area (Å²) >= 11 is 0. The predicted octanol–water partition coefficient (Wildman–Crippen LogP) is 4.75. The standard InChI is InChI=1S/C23H21F2N3O/c1-15-4-2-5-16(12-15)22-26-10-9-21(27-22)17-6-3-11-28(14-17)23(29)19-13-18(24)7-8-20(19)25/h2,4-5,7-10,12-13,17H,3,6,11,14H2,1H3/t17-/m1/s1. The van der Waals surface area contributed by atoms with Crippen LogP contribution in [0.1, 0.15) is 40.4 Å². The first kappa shape index (κ1) is 19.2. The summed E-state index contributed by atoms with van der Waals surface area (Å²) in [4.78, 5) is 23.5. The molecule has 1 amide bonds. The minimum Gasteiger partial charge on any atom is -0.338 e. The lowest BCUT2D eigenvalue weighted by atomic mass is 9.94. The second kappa shape index (κ2) is 8.07. The molecular formula is C23H21F2N3O. The largest absolute Gasteiger partial charge is 0.338 e. The van der Waals surface area contributed by atoms with Gasteiger partial charge in [0.05, 0.1) is 5.56 Å². The summed E-state index contributed by atoms with van der Waals surface area (Å²) < 4.78 is 27.5. The Hall–Kier alpha value is -3.15. The molecule has 0 saturated carbocycles. The Bertz CT molecular complexity index is 1050. The van der Waals surface area contributed by atoms with Gasteiger partial charge in [0, 0.05) is 36.5 Å². The number of piperidine rings is 1. The van der Waals surface area contributed by atoms with Crippen LogP contribution in [0.3, 0.4) is 0 Å². The molecule has 0 radical (unpaired) electrons. The number of aryl methyl sites for hydroxylation is 1. The van der Waals surface area contributed by atoms with Crippen LogP contribution in [-0.4, -0.2) is 33.9 Å². The molecule has 0 N–H and O–H groups in total. The van der Waals surface area contributed by atoms with Gasteiger partial charge in [0.2, 0.25) is 0 Å². The van der Waals surface area contributed by atoms with E-state index in [-0.39, 0.29) is 11.5 Å². The first-order chi connectivity index (χ1) is 14.0. The number of hydrogen-bond donors (Lipinski definition) is 0. The lowest BCUT2D eigenvalue weighted by Crippen LogP contribution is -2.39. The molecule has 29 heavy (non-hydrogen) atoms. The molecule has 0 aliphatic carbocycles. The molecule has 1 atom stereocenters. The van der Waals surface area contributed by atoms with Gasteiger partial charge in [-0.2, -0.15) is 0 Å². The molecule has 1 aromatic heterocycles. The molecule has 0 bridgehead atoms. The normalized spacial score (nSPS) is 16.7. The van der Waals surface area contributed by atoms with Crippen molar-refractivity contribution in [2.24, 2.45) is 0 Å². The maximum Gasteiger partial charge on any atom is 0.256 e. The van der Waals surface area contributed by atoms with Gasteiger partial charge in [-0.1, -0.05) is 23.8 Å². The van der Waals surface area contributed by atoms with Crippen molar-refractivity contribution < 1.29 is 13.6 Å². The molecule has 2 aromatic carbocycles. The summed E-state index contributed by atoms with van der Waals surface area (Å²) in [5.74, 6) is -1.15. The quantitative estimate of drug-likeness (QED) is 0.645. The predicted molar refractivity (Wildman–Crippen MR) is 106 cm³/mol. The topological polar surface area (TPSA) is 46.1 Å². The lowest BCUT2D eigenvalue weighted by Gasteiger charge is -2.32. The van der Waals surface area contributed by atoms with Crippen LogP contribution in [0.15, 0.2) is 54.7 Å². The highest BCUT2D eigenvalue weighted by Gasteiger charge is 2.28. The highest BCUT2D eigenvalue weighted by Crippen LogP contribution is 2.28. The summed E-state index contributed by atoms with van der Waals surface area (Å²) in [7, 11) is 0. The zero-order valence-corrected chi connectivity index (χ0v) is 16.1. The summed E-state index contributed by atoms with van der Waals surface area (Å²) in [5, 5.41) is 0. The van der Waals surface area contributed by atoms with E-state index in [0.29, 0.717) is 18.9 Å². The summed E-state index contributed by atoms with van der Waals surface area (Å²) in [5.41, 5.74) is 2.70. The Morgan fingerprint density at radius 2 is 2.00 bits per heavy atom. The molecule has 2 heterocycles. The summed E-state index contributed by atoms with van der Waals surface area (Å²) in [6.07, 6.45) is 3.38. The number of amides is 1. The molecular weight excluding hydrogens is 372 g/mol. The van der Waals surface area contributed by atoms with Crippen LogP contribution < -0.4 is 0 Å². The average Bonchev–Trinajstić information content (AvgIpc) is 2.75. The van der Waals surface area contributed by atoms with Gasteiger partial charge < -0.3 is 4.90 Å². The van der Waals surface area contributed by atoms with E-state index in [2.05, 4.69) is 4.98 Å². The van der Waals surface area contributed by atoms with Crippen molar-refractivity contribution in [3.63, 3.8) is 0 Å². The van der Waals surface area contributed by atoms with Crippen molar-refractivity contribution in [3.05, 3.63) is 83.2 Å². The second-order valence-electron chi connectivity index (χ2n) is 7.39. The van der Waals surface area contributed by atoms with Crippen LogP contribution in [0.25, 0.3) is 11.4 Å². The maximum atomic E-state index is 14.0. The molecule has 4 rings (SSSR count). The van der Waals surface area contributed by atoms with Crippen molar-refractivity contribution in [1.29, 1.82) is 0 Å². The van der Waals surface area contributed by atoms with E-state index in [9.17, 15) is 13.6 Å². The third kappa shape index (κ3) is 4.16. The molecule has 1 aliphatic rings. The van der Waals surface area contributed by atoms with Gasteiger partial charge in [-0.25, -0.2) is 18.7 Å². The van der Waals surface area contributed by atoms with Crippen molar-refractivity contribution in [1.82, 2.24) is 14.9 Å². The van der Waals surface area contributed by atoms with E-state index in [0.717, 1.165) is 47.9 Å². The molecule has 3 aromatic rings. The molecule has 0 unspecified atom stereocenters. The fourth-order valence-corrected chi connectivity index (χ4v) is 3.76. The van der Waals surface area contributed by atoms with Crippen LogP contribution in [0.5, 0.6) is 0 Å². The van der Waals surface area contributed by atoms with Crippen molar-refractivity contribution in [2.75, 3.05) is 13.1 Å². The Kier molecular flexibility index (Phi) is 5.34. The number of rotatable bonds is 3. The molecule has 148 valence electrons. The van der Waals surface area contributed by atoms with E-state index in [1.165, 1.54) is 0 Å². The number of hydrogen-bond acceptors (Lipinski definition) is 3. The zero-order valence-electron chi connectivity index (χ0n) is 16.1. The summed E-state index contributed by atoms with van der Waals surface area (Å²) in [6, 6.07) is 12.8. The van der Waals surface area contributed by atoms with Crippen molar-refractivity contribution in [2.45, 2.75) is 25.7 Å². The maximum absolute atomic E-state index is 14.0. The van der Waals surface area contributed by atoms with Crippen LogP contribution in [0.4, 0.5) is 8.78 Å². The van der Waals surface area contributed by atoms with Crippen LogP contribution >= 0.6 is 0 Å². The SMILES string of the molecule is Cc1cccc(-c2nccc([C@@H]3CCCN(C(=O)c4cc(F)ccc4F)C3)n2)c1. The molecule has 1 saturated heterocycles. The Morgan fingerprint density at radius 3 is 2.83 bits per heavy atom. The fraction of sp³-hybridized carbons (Fsp3) is 0.261. The van der Waals surface area contributed by atoms with Gasteiger partial charge in [-0.3, -0.25) is 4.79 Å². The van der Waals surface area contributed by atoms with E-state index in [1.54, 1.807) is 11.1 Å². The first-order valence-electron chi connectivity index (χ1n) is 9.65. The number of halogens is 2. The lowest BCUT2D eigenvalue weighted by molar-refractivity contribution is 0.0700. The van der Waals surface area contributed by atoms with Crippen molar-refractivity contribution in [3.8, 4) is 11.4 Å². The van der Waals surface area contributed by atoms with E-state index >= 15 is 0 Å². The molecule has 0 spiro atoms. The van der Waals surface area contributed by atoms with E-state index in [1.807, 2.05) is 37.3 Å². The summed E-state index contributed by atoms with van der Waals surface area (Å²) in [6.45, 7) is 2.95. The number of aromatic nitrogens is 2. The van der Waals surface area contributed by atoms with Crippen LogP contribution in [0, 0.1) is 18.6 Å². The number of carbonyl (C=O) groups excluding carboxylic acids is 1. The van der Waals surface area contributed by atoms with Gasteiger partial charge in [0.1, 0.15) is 11.6 Å². The monoisotopic (exact) mass is 393 g/mol. The zero-order chi connectivity index (χ0) is 20.4. The first-order valence-corrected chi connectivity index (χ1v) is 9.65. The number of carbonyl (C=O) groups is 1. The second-order valence-corrected chi connectivity index (χ2v) is 7.39. The van der Waals surface area contributed by atoms with Gasteiger partial charge in [0.25, 0.3) is 5.91 Å². The van der Waals surface area contributed by atoms with Crippen LogP contribution in [0.2, 0.25) is 0 Å². The van der Waals surface area contributed by atoms with Crippen LogP contribution in [-0.2, 0) is 0 Å². The van der Waals surface area contributed by atoms with E-state index in [4.69, 9.17) is 4.98 Å².